The summed E-state index contributed by atoms with van der Waals surface area (Å²) in [5, 5.41) is 0. The molecule has 1 aliphatic rings. The SMILES string of the molecule is COCC(CN1CCC(Br)C1=O)OC. The maximum Gasteiger partial charge on any atom is 0.236 e. The van der Waals surface area contributed by atoms with Crippen molar-refractivity contribution in [2.45, 2.75) is 17.4 Å². The first-order chi connectivity index (χ1) is 6.69. The van der Waals surface area contributed by atoms with Crippen molar-refractivity contribution in [3.63, 3.8) is 0 Å². The summed E-state index contributed by atoms with van der Waals surface area (Å²) in [6, 6.07) is 0. The van der Waals surface area contributed by atoms with Crippen LogP contribution in [0.25, 0.3) is 0 Å². The van der Waals surface area contributed by atoms with Crippen LogP contribution in [-0.2, 0) is 14.3 Å². The first-order valence-corrected chi connectivity index (χ1v) is 5.55. The molecular weight excluding hydrogens is 250 g/mol. The van der Waals surface area contributed by atoms with E-state index < -0.39 is 0 Å². The predicted molar refractivity (Wildman–Crippen MR) is 56.6 cm³/mol. The van der Waals surface area contributed by atoms with E-state index in [1.54, 1.807) is 14.2 Å². The lowest BCUT2D eigenvalue weighted by Crippen LogP contribution is -2.37. The molecule has 0 bridgehead atoms. The smallest absolute Gasteiger partial charge is 0.236 e. The van der Waals surface area contributed by atoms with Crippen molar-refractivity contribution < 1.29 is 14.3 Å². The number of amides is 1. The molecule has 1 amide bonds. The van der Waals surface area contributed by atoms with Crippen LogP contribution in [-0.4, -0.2) is 55.7 Å². The van der Waals surface area contributed by atoms with Crippen LogP contribution in [0.4, 0.5) is 0 Å². The summed E-state index contributed by atoms with van der Waals surface area (Å²) in [7, 11) is 3.26. The Kier molecular flexibility index (Phi) is 4.84. The number of hydrogen-bond acceptors (Lipinski definition) is 3. The van der Waals surface area contributed by atoms with Gasteiger partial charge in [-0.2, -0.15) is 0 Å². The van der Waals surface area contributed by atoms with Crippen LogP contribution in [0.15, 0.2) is 0 Å². The van der Waals surface area contributed by atoms with Crippen LogP contribution in [0.1, 0.15) is 6.42 Å². The van der Waals surface area contributed by atoms with Crippen molar-refractivity contribution in [3.8, 4) is 0 Å². The third-order valence-electron chi connectivity index (χ3n) is 2.34. The second-order valence-corrected chi connectivity index (χ2v) is 4.46. The molecule has 0 spiro atoms. The first kappa shape index (κ1) is 11.9. The van der Waals surface area contributed by atoms with Crippen molar-refractivity contribution in [2.75, 3.05) is 33.9 Å². The molecule has 14 heavy (non-hydrogen) atoms. The van der Waals surface area contributed by atoms with Crippen LogP contribution in [0.2, 0.25) is 0 Å². The summed E-state index contributed by atoms with van der Waals surface area (Å²) in [6.45, 7) is 1.94. The second-order valence-electron chi connectivity index (χ2n) is 3.35. The molecule has 0 aromatic rings. The molecule has 0 saturated carbocycles. The highest BCUT2D eigenvalue weighted by Crippen LogP contribution is 2.18. The molecule has 1 heterocycles. The Balaban J connectivity index is 2.39. The predicted octanol–water partition coefficient (Wildman–Crippen LogP) is 0.644. The Morgan fingerprint density at radius 2 is 2.36 bits per heavy atom. The van der Waals surface area contributed by atoms with Crippen molar-refractivity contribution in [2.24, 2.45) is 0 Å². The number of alkyl halides is 1. The van der Waals surface area contributed by atoms with Gasteiger partial charge in [0.1, 0.15) is 0 Å². The summed E-state index contributed by atoms with van der Waals surface area (Å²) in [6.07, 6.45) is 0.851. The molecule has 82 valence electrons. The Bertz CT molecular complexity index is 200. The number of likely N-dealkylation sites (tertiary alicyclic amines) is 1. The van der Waals surface area contributed by atoms with E-state index in [1.807, 2.05) is 4.90 Å². The van der Waals surface area contributed by atoms with Crippen LogP contribution < -0.4 is 0 Å². The maximum absolute atomic E-state index is 11.5. The quantitative estimate of drug-likeness (QED) is 0.686. The highest BCUT2D eigenvalue weighted by Gasteiger charge is 2.30. The molecule has 1 fully saturated rings. The van der Waals surface area contributed by atoms with Gasteiger partial charge in [-0.25, -0.2) is 0 Å². The van der Waals surface area contributed by atoms with Gasteiger partial charge in [0.05, 0.1) is 17.5 Å². The summed E-state index contributed by atoms with van der Waals surface area (Å²) in [5.74, 6) is 0.156. The van der Waals surface area contributed by atoms with Crippen LogP contribution in [0.3, 0.4) is 0 Å². The summed E-state index contributed by atoms with van der Waals surface area (Å²) in [4.78, 5) is 13.3. The fourth-order valence-electron chi connectivity index (χ4n) is 1.51. The van der Waals surface area contributed by atoms with E-state index in [0.717, 1.165) is 13.0 Å². The molecule has 1 aliphatic heterocycles. The molecule has 0 aromatic carbocycles. The summed E-state index contributed by atoms with van der Waals surface area (Å²) >= 11 is 3.33. The summed E-state index contributed by atoms with van der Waals surface area (Å²) in [5.41, 5.74) is 0. The molecule has 0 N–H and O–H groups in total. The second kappa shape index (κ2) is 5.68. The van der Waals surface area contributed by atoms with Crippen molar-refractivity contribution in [1.82, 2.24) is 4.90 Å². The van der Waals surface area contributed by atoms with E-state index in [1.165, 1.54) is 0 Å². The van der Waals surface area contributed by atoms with E-state index in [4.69, 9.17) is 9.47 Å². The van der Waals surface area contributed by atoms with Gasteiger partial charge in [0.15, 0.2) is 0 Å². The lowest BCUT2D eigenvalue weighted by molar-refractivity contribution is -0.129. The lowest BCUT2D eigenvalue weighted by Gasteiger charge is -2.22. The van der Waals surface area contributed by atoms with E-state index in [2.05, 4.69) is 15.9 Å². The molecule has 2 atom stereocenters. The van der Waals surface area contributed by atoms with Gasteiger partial charge in [0.2, 0.25) is 5.91 Å². The first-order valence-electron chi connectivity index (χ1n) is 4.63. The zero-order valence-electron chi connectivity index (χ0n) is 8.53. The van der Waals surface area contributed by atoms with Crippen LogP contribution >= 0.6 is 15.9 Å². The number of ether oxygens (including phenoxy) is 2. The van der Waals surface area contributed by atoms with E-state index in [0.29, 0.717) is 13.2 Å². The topological polar surface area (TPSA) is 38.8 Å². The molecule has 5 heteroatoms. The summed E-state index contributed by atoms with van der Waals surface area (Å²) < 4.78 is 10.2. The Morgan fingerprint density at radius 3 is 2.79 bits per heavy atom. The van der Waals surface area contributed by atoms with Crippen LogP contribution in [0.5, 0.6) is 0 Å². The highest BCUT2D eigenvalue weighted by molar-refractivity contribution is 9.10. The fourth-order valence-corrected chi connectivity index (χ4v) is 2.00. The number of nitrogens with zero attached hydrogens (tertiary/aromatic N) is 1. The highest BCUT2D eigenvalue weighted by atomic mass is 79.9. The number of hydrogen-bond donors (Lipinski definition) is 0. The molecule has 0 aliphatic carbocycles. The molecule has 1 saturated heterocycles. The van der Waals surface area contributed by atoms with Gasteiger partial charge < -0.3 is 14.4 Å². The van der Waals surface area contributed by atoms with Crippen molar-refractivity contribution in [1.29, 1.82) is 0 Å². The molecule has 4 nitrogen and oxygen atoms in total. The molecule has 1 rings (SSSR count). The monoisotopic (exact) mass is 265 g/mol. The number of carbonyl (C=O) groups is 1. The standard InChI is InChI=1S/C9H16BrNO3/c1-13-6-7(14-2)5-11-4-3-8(10)9(11)12/h7-8H,3-6H2,1-2H3. The van der Waals surface area contributed by atoms with Crippen molar-refractivity contribution >= 4 is 21.8 Å². The number of methoxy groups -OCH3 is 2. The lowest BCUT2D eigenvalue weighted by atomic mass is 10.3. The number of carbonyl (C=O) groups excluding carboxylic acids is 1. The van der Waals surface area contributed by atoms with E-state index >= 15 is 0 Å². The minimum Gasteiger partial charge on any atom is -0.382 e. The minimum atomic E-state index is -0.0262. The Morgan fingerprint density at radius 1 is 1.64 bits per heavy atom. The van der Waals surface area contributed by atoms with Gasteiger partial charge in [-0.05, 0) is 6.42 Å². The number of rotatable bonds is 5. The largest absolute Gasteiger partial charge is 0.382 e. The fraction of sp³-hybridized carbons (Fsp3) is 0.889. The van der Waals surface area contributed by atoms with Gasteiger partial charge in [-0.1, -0.05) is 15.9 Å². The molecule has 2 unspecified atom stereocenters. The van der Waals surface area contributed by atoms with Gasteiger partial charge in [0, 0.05) is 27.3 Å². The van der Waals surface area contributed by atoms with Crippen molar-refractivity contribution in [3.05, 3.63) is 0 Å². The normalized spacial score (nSPS) is 24.4. The van der Waals surface area contributed by atoms with E-state index in [9.17, 15) is 4.79 Å². The number of halogens is 1. The Labute approximate surface area is 92.7 Å². The van der Waals surface area contributed by atoms with E-state index in [-0.39, 0.29) is 16.8 Å². The third kappa shape index (κ3) is 2.93. The van der Waals surface area contributed by atoms with Crippen LogP contribution in [0, 0.1) is 0 Å². The molecular formula is C9H16BrNO3. The van der Waals surface area contributed by atoms with Gasteiger partial charge in [0.25, 0.3) is 0 Å². The Hall–Kier alpha value is -0.130. The van der Waals surface area contributed by atoms with Gasteiger partial charge in [-0.3, -0.25) is 4.79 Å². The maximum atomic E-state index is 11.5. The molecule has 0 aromatic heterocycles. The average molecular weight is 266 g/mol. The average Bonchev–Trinajstić information content (AvgIpc) is 2.49. The third-order valence-corrected chi connectivity index (χ3v) is 3.19. The zero-order chi connectivity index (χ0) is 10.6. The van der Waals surface area contributed by atoms with Gasteiger partial charge in [-0.15, -0.1) is 0 Å². The zero-order valence-corrected chi connectivity index (χ0v) is 10.1. The molecule has 0 radical (unpaired) electrons. The van der Waals surface area contributed by atoms with Gasteiger partial charge >= 0.3 is 0 Å². The minimum absolute atomic E-state index is 0.0115.